The fourth-order valence-corrected chi connectivity index (χ4v) is 2.36. The maximum absolute atomic E-state index is 13.6. The molecular weight excluding hydrogens is 330 g/mol. The molecule has 0 aliphatic carbocycles. The molecule has 0 aliphatic rings. The highest BCUT2D eigenvalue weighted by molar-refractivity contribution is 9.10. The van der Waals surface area contributed by atoms with Crippen LogP contribution < -0.4 is 0 Å². The largest absolute Gasteiger partial charge is 0.464 e. The van der Waals surface area contributed by atoms with Crippen LogP contribution in [-0.2, 0) is 9.53 Å². The molecular formula is C11H11BrClFO4. The lowest BCUT2D eigenvalue weighted by molar-refractivity contribution is -0.159. The standard InChI is InChI=1S/C11H11BrClFO4/c1-2-18-11(17)10(16)9(15)8-6(12)3-5(13)4-7(8)14/h3-4,9-10,15-16H,2H2,1H3. The molecule has 18 heavy (non-hydrogen) atoms. The molecule has 0 spiro atoms. The molecule has 0 saturated carbocycles. The summed E-state index contributed by atoms with van der Waals surface area (Å²) in [5.41, 5.74) is -0.250. The molecule has 0 saturated heterocycles. The number of aliphatic hydroxyl groups is 2. The van der Waals surface area contributed by atoms with E-state index in [1.807, 2.05) is 0 Å². The zero-order valence-corrected chi connectivity index (χ0v) is 11.7. The van der Waals surface area contributed by atoms with Crippen molar-refractivity contribution in [3.63, 3.8) is 0 Å². The Hall–Kier alpha value is -0.690. The Kier molecular flexibility index (Phi) is 5.52. The first-order valence-corrected chi connectivity index (χ1v) is 6.22. The van der Waals surface area contributed by atoms with E-state index in [1.54, 1.807) is 6.92 Å². The fourth-order valence-electron chi connectivity index (χ4n) is 1.35. The van der Waals surface area contributed by atoms with E-state index in [4.69, 9.17) is 11.6 Å². The van der Waals surface area contributed by atoms with Crippen LogP contribution in [0.2, 0.25) is 5.02 Å². The van der Waals surface area contributed by atoms with Gasteiger partial charge < -0.3 is 14.9 Å². The van der Waals surface area contributed by atoms with Gasteiger partial charge in [0.25, 0.3) is 0 Å². The SMILES string of the molecule is CCOC(=O)C(O)C(O)c1c(F)cc(Cl)cc1Br. The van der Waals surface area contributed by atoms with Gasteiger partial charge in [-0.05, 0) is 19.1 Å². The smallest absolute Gasteiger partial charge is 0.338 e. The summed E-state index contributed by atoms with van der Waals surface area (Å²) < 4.78 is 18.3. The van der Waals surface area contributed by atoms with Gasteiger partial charge in [0.15, 0.2) is 6.10 Å². The van der Waals surface area contributed by atoms with E-state index in [0.29, 0.717) is 0 Å². The lowest BCUT2D eigenvalue weighted by atomic mass is 10.0. The Morgan fingerprint density at radius 3 is 2.67 bits per heavy atom. The van der Waals surface area contributed by atoms with Crippen LogP contribution >= 0.6 is 27.5 Å². The van der Waals surface area contributed by atoms with Crippen molar-refractivity contribution in [2.24, 2.45) is 0 Å². The Bertz CT molecular complexity index is 432. The van der Waals surface area contributed by atoms with Crippen LogP contribution in [0.25, 0.3) is 0 Å². The van der Waals surface area contributed by atoms with Crippen molar-refractivity contribution < 1.29 is 24.1 Å². The Morgan fingerprint density at radius 1 is 1.56 bits per heavy atom. The van der Waals surface area contributed by atoms with Gasteiger partial charge in [0, 0.05) is 15.1 Å². The average Bonchev–Trinajstić information content (AvgIpc) is 2.26. The number of halogens is 3. The van der Waals surface area contributed by atoms with Crippen molar-refractivity contribution in [2.75, 3.05) is 6.61 Å². The van der Waals surface area contributed by atoms with Gasteiger partial charge in [0.1, 0.15) is 11.9 Å². The second kappa shape index (κ2) is 6.47. The molecule has 100 valence electrons. The molecule has 0 fully saturated rings. The molecule has 1 rings (SSSR count). The summed E-state index contributed by atoms with van der Waals surface area (Å²) in [4.78, 5) is 11.3. The molecule has 0 aromatic heterocycles. The van der Waals surface area contributed by atoms with E-state index >= 15 is 0 Å². The van der Waals surface area contributed by atoms with Crippen LogP contribution in [0.4, 0.5) is 4.39 Å². The molecule has 2 N–H and O–H groups in total. The average molecular weight is 342 g/mol. The highest BCUT2D eigenvalue weighted by Crippen LogP contribution is 2.31. The van der Waals surface area contributed by atoms with Crippen molar-refractivity contribution in [1.82, 2.24) is 0 Å². The molecule has 7 heteroatoms. The van der Waals surface area contributed by atoms with Gasteiger partial charge in [0.2, 0.25) is 0 Å². The summed E-state index contributed by atoms with van der Waals surface area (Å²) in [6, 6.07) is 2.32. The molecule has 4 nitrogen and oxygen atoms in total. The minimum Gasteiger partial charge on any atom is -0.464 e. The number of rotatable bonds is 4. The first-order chi connectivity index (χ1) is 8.38. The summed E-state index contributed by atoms with van der Waals surface area (Å²) in [6.45, 7) is 1.60. The van der Waals surface area contributed by atoms with Gasteiger partial charge in [0.05, 0.1) is 6.61 Å². The maximum atomic E-state index is 13.6. The number of carbonyl (C=O) groups is 1. The van der Waals surface area contributed by atoms with Crippen molar-refractivity contribution in [3.05, 3.63) is 33.0 Å². The predicted molar refractivity (Wildman–Crippen MR) is 66.7 cm³/mol. The van der Waals surface area contributed by atoms with Crippen molar-refractivity contribution in [3.8, 4) is 0 Å². The number of aliphatic hydroxyl groups excluding tert-OH is 2. The molecule has 0 amide bonds. The van der Waals surface area contributed by atoms with Gasteiger partial charge in [-0.25, -0.2) is 9.18 Å². The van der Waals surface area contributed by atoms with Crippen LogP contribution in [-0.4, -0.2) is 28.9 Å². The van der Waals surface area contributed by atoms with Crippen molar-refractivity contribution in [2.45, 2.75) is 19.1 Å². The van der Waals surface area contributed by atoms with Crippen LogP contribution in [0.3, 0.4) is 0 Å². The molecule has 1 aromatic rings. The van der Waals surface area contributed by atoms with Crippen LogP contribution in [0, 0.1) is 5.82 Å². The topological polar surface area (TPSA) is 66.8 Å². The summed E-state index contributed by atoms with van der Waals surface area (Å²) >= 11 is 8.62. The molecule has 0 bridgehead atoms. The van der Waals surface area contributed by atoms with Crippen LogP contribution in [0.1, 0.15) is 18.6 Å². The highest BCUT2D eigenvalue weighted by Gasteiger charge is 2.30. The third kappa shape index (κ3) is 3.41. The third-order valence-corrected chi connectivity index (χ3v) is 3.04. The van der Waals surface area contributed by atoms with Crippen LogP contribution in [0.5, 0.6) is 0 Å². The lowest BCUT2D eigenvalue weighted by Crippen LogP contribution is -2.30. The molecule has 0 heterocycles. The summed E-state index contributed by atoms with van der Waals surface area (Å²) in [5.74, 6) is -1.85. The normalized spacial score (nSPS) is 14.1. The number of esters is 1. The van der Waals surface area contributed by atoms with E-state index < -0.39 is 24.0 Å². The first-order valence-electron chi connectivity index (χ1n) is 5.05. The van der Waals surface area contributed by atoms with Gasteiger partial charge >= 0.3 is 5.97 Å². The Labute approximate surface area is 116 Å². The van der Waals surface area contributed by atoms with E-state index in [9.17, 15) is 19.4 Å². The van der Waals surface area contributed by atoms with Gasteiger partial charge in [-0.3, -0.25) is 0 Å². The number of ether oxygens (including phenoxy) is 1. The highest BCUT2D eigenvalue weighted by atomic mass is 79.9. The second-order valence-electron chi connectivity index (χ2n) is 3.42. The number of carbonyl (C=O) groups excluding carboxylic acids is 1. The van der Waals surface area contributed by atoms with Crippen molar-refractivity contribution in [1.29, 1.82) is 0 Å². The van der Waals surface area contributed by atoms with Crippen LogP contribution in [0.15, 0.2) is 16.6 Å². The van der Waals surface area contributed by atoms with E-state index in [-0.39, 0.29) is 21.7 Å². The zero-order chi connectivity index (χ0) is 13.9. The second-order valence-corrected chi connectivity index (χ2v) is 4.72. The zero-order valence-electron chi connectivity index (χ0n) is 9.36. The molecule has 1 aromatic carbocycles. The fraction of sp³-hybridized carbons (Fsp3) is 0.364. The quantitative estimate of drug-likeness (QED) is 0.824. The van der Waals surface area contributed by atoms with Gasteiger partial charge in [-0.1, -0.05) is 27.5 Å². The van der Waals surface area contributed by atoms with E-state index in [1.165, 1.54) is 6.07 Å². The molecule has 2 atom stereocenters. The third-order valence-electron chi connectivity index (χ3n) is 2.17. The maximum Gasteiger partial charge on any atom is 0.338 e. The van der Waals surface area contributed by atoms with Gasteiger partial charge in [-0.15, -0.1) is 0 Å². The number of benzene rings is 1. The number of hydrogen-bond donors (Lipinski definition) is 2. The Balaban J connectivity index is 3.03. The van der Waals surface area contributed by atoms with Gasteiger partial charge in [-0.2, -0.15) is 0 Å². The minimum absolute atomic E-state index is 0.0485. The Morgan fingerprint density at radius 2 is 2.17 bits per heavy atom. The van der Waals surface area contributed by atoms with E-state index in [0.717, 1.165) is 6.07 Å². The molecule has 0 aliphatic heterocycles. The lowest BCUT2D eigenvalue weighted by Gasteiger charge is -2.18. The molecule has 0 radical (unpaired) electrons. The summed E-state index contributed by atoms with van der Waals surface area (Å²) in [6.07, 6.45) is -3.60. The first kappa shape index (κ1) is 15.4. The van der Waals surface area contributed by atoms with E-state index in [2.05, 4.69) is 20.7 Å². The minimum atomic E-state index is -1.86. The molecule has 2 unspecified atom stereocenters. The summed E-state index contributed by atoms with van der Waals surface area (Å²) in [5, 5.41) is 19.4. The number of hydrogen-bond acceptors (Lipinski definition) is 4. The monoisotopic (exact) mass is 340 g/mol. The van der Waals surface area contributed by atoms with Crippen molar-refractivity contribution >= 4 is 33.5 Å². The summed E-state index contributed by atoms with van der Waals surface area (Å²) in [7, 11) is 0. The predicted octanol–water partition coefficient (Wildman–Crippen LogP) is 2.20.